The van der Waals surface area contributed by atoms with Crippen LogP contribution in [-0.4, -0.2) is 20.1 Å². The minimum Gasteiger partial charge on any atom is -0.387 e. The molecule has 0 fully saturated rings. The van der Waals surface area contributed by atoms with Gasteiger partial charge in [-0.1, -0.05) is 41.9 Å². The third kappa shape index (κ3) is 5.71. The zero-order chi connectivity index (χ0) is 18.7. The average Bonchev–Trinajstić information content (AvgIpc) is 2.54. The molecule has 136 valence electrons. The Hall–Kier alpha value is -1.61. The Morgan fingerprint density at radius 3 is 2.24 bits per heavy atom. The van der Waals surface area contributed by atoms with E-state index >= 15 is 0 Å². The van der Waals surface area contributed by atoms with Crippen LogP contribution in [0, 0.1) is 0 Å². The van der Waals surface area contributed by atoms with E-state index in [1.165, 1.54) is 0 Å². The van der Waals surface area contributed by atoms with E-state index in [0.717, 1.165) is 24.3 Å². The predicted octanol–water partition coefficient (Wildman–Crippen LogP) is 3.51. The Morgan fingerprint density at radius 1 is 1.08 bits per heavy atom. The van der Waals surface area contributed by atoms with Gasteiger partial charge in [0.15, 0.2) is 0 Å². The van der Waals surface area contributed by atoms with Crippen LogP contribution in [0.25, 0.3) is 0 Å². The summed E-state index contributed by atoms with van der Waals surface area (Å²) in [4.78, 5) is 0. The molecule has 0 aromatic heterocycles. The van der Waals surface area contributed by atoms with Crippen LogP contribution in [0.3, 0.4) is 0 Å². The van der Waals surface area contributed by atoms with Gasteiger partial charge < -0.3 is 5.11 Å². The molecule has 0 saturated heterocycles. The summed E-state index contributed by atoms with van der Waals surface area (Å²) in [6.45, 7) is -0.363. The number of nitrogens with one attached hydrogen (secondary N) is 1. The molecule has 4 nitrogen and oxygen atoms in total. The standard InChI is InChI=1S/C16H15ClF3NO3S/c17-14-4-2-1-3-12(14)10-25(23,24)21-9-15(22)11-5-7-13(8-6-11)16(18,19)20/h1-8,15,21-22H,9-10H2. The second-order valence-electron chi connectivity index (χ2n) is 5.33. The highest BCUT2D eigenvalue weighted by Gasteiger charge is 2.30. The van der Waals surface area contributed by atoms with Gasteiger partial charge in [0.05, 0.1) is 17.4 Å². The van der Waals surface area contributed by atoms with E-state index in [9.17, 15) is 26.7 Å². The summed E-state index contributed by atoms with van der Waals surface area (Å²) in [5.74, 6) is -0.369. The Labute approximate surface area is 148 Å². The first-order valence-corrected chi connectivity index (χ1v) is 9.17. The van der Waals surface area contributed by atoms with Crippen LogP contribution in [0.5, 0.6) is 0 Å². The second-order valence-corrected chi connectivity index (χ2v) is 7.55. The Kier molecular flexibility index (Phi) is 6.10. The molecule has 2 N–H and O–H groups in total. The van der Waals surface area contributed by atoms with Crippen molar-refractivity contribution in [3.8, 4) is 0 Å². The van der Waals surface area contributed by atoms with Gasteiger partial charge in [-0.05, 0) is 29.3 Å². The number of sulfonamides is 1. The molecule has 0 bridgehead atoms. The molecular formula is C16H15ClF3NO3S. The highest BCUT2D eigenvalue weighted by atomic mass is 35.5. The number of rotatable bonds is 6. The van der Waals surface area contributed by atoms with Gasteiger partial charge in [-0.15, -0.1) is 0 Å². The van der Waals surface area contributed by atoms with Gasteiger partial charge in [-0.25, -0.2) is 13.1 Å². The lowest BCUT2D eigenvalue weighted by atomic mass is 10.1. The van der Waals surface area contributed by atoms with E-state index in [1.807, 2.05) is 0 Å². The van der Waals surface area contributed by atoms with Gasteiger partial charge in [-0.3, -0.25) is 0 Å². The largest absolute Gasteiger partial charge is 0.416 e. The summed E-state index contributed by atoms with van der Waals surface area (Å²) in [6.07, 6.45) is -5.75. The Balaban J connectivity index is 1.99. The minimum absolute atomic E-state index is 0.174. The topological polar surface area (TPSA) is 66.4 Å². The van der Waals surface area contributed by atoms with Crippen molar-refractivity contribution in [2.75, 3.05) is 6.54 Å². The van der Waals surface area contributed by atoms with Crippen LogP contribution in [0.4, 0.5) is 13.2 Å². The van der Waals surface area contributed by atoms with Crippen LogP contribution < -0.4 is 4.72 Å². The molecule has 0 saturated carbocycles. The quantitative estimate of drug-likeness (QED) is 0.789. The fourth-order valence-electron chi connectivity index (χ4n) is 2.09. The predicted molar refractivity (Wildman–Crippen MR) is 88.5 cm³/mol. The number of hydrogen-bond acceptors (Lipinski definition) is 3. The first kappa shape index (κ1) is 19.7. The summed E-state index contributed by atoms with van der Waals surface area (Å²) in [5.41, 5.74) is -0.267. The molecule has 0 radical (unpaired) electrons. The molecule has 0 amide bonds. The SMILES string of the molecule is O=S(=O)(Cc1ccccc1Cl)NCC(O)c1ccc(C(F)(F)F)cc1. The maximum atomic E-state index is 12.5. The van der Waals surface area contributed by atoms with E-state index in [-0.39, 0.29) is 17.9 Å². The average molecular weight is 394 g/mol. The lowest BCUT2D eigenvalue weighted by molar-refractivity contribution is -0.137. The number of aliphatic hydroxyl groups excluding tert-OH is 1. The van der Waals surface area contributed by atoms with Crippen molar-refractivity contribution in [3.05, 3.63) is 70.2 Å². The van der Waals surface area contributed by atoms with Gasteiger partial charge in [0.25, 0.3) is 0 Å². The van der Waals surface area contributed by atoms with Crippen LogP contribution >= 0.6 is 11.6 Å². The molecule has 9 heteroatoms. The maximum Gasteiger partial charge on any atom is 0.416 e. The lowest BCUT2D eigenvalue weighted by Gasteiger charge is -2.14. The smallest absolute Gasteiger partial charge is 0.387 e. The summed E-state index contributed by atoms with van der Waals surface area (Å²) >= 11 is 5.91. The van der Waals surface area contributed by atoms with Crippen molar-refractivity contribution in [2.24, 2.45) is 0 Å². The fraction of sp³-hybridized carbons (Fsp3) is 0.250. The highest BCUT2D eigenvalue weighted by Crippen LogP contribution is 2.29. The molecule has 2 rings (SSSR count). The first-order valence-electron chi connectivity index (χ1n) is 7.14. The van der Waals surface area contributed by atoms with Crippen molar-refractivity contribution in [1.82, 2.24) is 4.72 Å². The van der Waals surface area contributed by atoms with E-state index in [4.69, 9.17) is 11.6 Å². The molecule has 1 atom stereocenters. The summed E-state index contributed by atoms with van der Waals surface area (Å²) < 4.78 is 63.8. The van der Waals surface area contributed by atoms with Crippen LogP contribution in [0.15, 0.2) is 48.5 Å². The third-order valence-electron chi connectivity index (χ3n) is 3.42. The molecule has 25 heavy (non-hydrogen) atoms. The second kappa shape index (κ2) is 7.74. The maximum absolute atomic E-state index is 12.5. The minimum atomic E-state index is -4.47. The fourth-order valence-corrected chi connectivity index (χ4v) is 3.55. The van der Waals surface area contributed by atoms with Gasteiger partial charge >= 0.3 is 6.18 Å². The molecule has 0 heterocycles. The van der Waals surface area contributed by atoms with Crippen LogP contribution in [0.1, 0.15) is 22.8 Å². The van der Waals surface area contributed by atoms with Crippen molar-refractivity contribution in [2.45, 2.75) is 18.0 Å². The molecular weight excluding hydrogens is 379 g/mol. The molecule has 2 aromatic rings. The van der Waals surface area contributed by atoms with E-state index in [0.29, 0.717) is 10.6 Å². The molecule has 1 unspecified atom stereocenters. The van der Waals surface area contributed by atoms with Gasteiger partial charge in [-0.2, -0.15) is 13.2 Å². The summed E-state index contributed by atoms with van der Waals surface area (Å²) in [5, 5.41) is 10.3. The summed E-state index contributed by atoms with van der Waals surface area (Å²) in [7, 11) is -3.77. The molecule has 0 aliphatic heterocycles. The van der Waals surface area contributed by atoms with E-state index < -0.39 is 27.9 Å². The number of aliphatic hydroxyl groups is 1. The third-order valence-corrected chi connectivity index (χ3v) is 5.09. The zero-order valence-corrected chi connectivity index (χ0v) is 14.4. The monoisotopic (exact) mass is 393 g/mol. The number of halogens is 4. The highest BCUT2D eigenvalue weighted by molar-refractivity contribution is 7.88. The Bertz CT molecular complexity index is 823. The normalized spacial score (nSPS) is 13.6. The first-order chi connectivity index (χ1) is 11.6. The van der Waals surface area contributed by atoms with Crippen LogP contribution in [0.2, 0.25) is 5.02 Å². The molecule has 0 aliphatic rings. The van der Waals surface area contributed by atoms with Gasteiger partial charge in [0.2, 0.25) is 10.0 Å². The van der Waals surface area contributed by atoms with Crippen molar-refractivity contribution < 1.29 is 26.7 Å². The van der Waals surface area contributed by atoms with Gasteiger partial charge in [0.1, 0.15) is 0 Å². The summed E-state index contributed by atoms with van der Waals surface area (Å²) in [6, 6.07) is 10.3. The van der Waals surface area contributed by atoms with Crippen molar-refractivity contribution in [3.63, 3.8) is 0 Å². The molecule has 0 aliphatic carbocycles. The number of benzene rings is 2. The molecule has 0 spiro atoms. The number of alkyl halides is 3. The van der Waals surface area contributed by atoms with Gasteiger partial charge in [0, 0.05) is 11.6 Å². The van der Waals surface area contributed by atoms with E-state index in [2.05, 4.69) is 4.72 Å². The van der Waals surface area contributed by atoms with Crippen molar-refractivity contribution in [1.29, 1.82) is 0 Å². The van der Waals surface area contributed by atoms with Crippen molar-refractivity contribution >= 4 is 21.6 Å². The Morgan fingerprint density at radius 2 is 1.68 bits per heavy atom. The van der Waals surface area contributed by atoms with E-state index in [1.54, 1.807) is 24.3 Å². The lowest BCUT2D eigenvalue weighted by Crippen LogP contribution is -2.29. The molecule has 2 aromatic carbocycles. The van der Waals surface area contributed by atoms with Crippen LogP contribution in [-0.2, 0) is 22.0 Å². The number of hydrogen-bond donors (Lipinski definition) is 2. The zero-order valence-electron chi connectivity index (χ0n) is 12.8.